The molecule has 20 heavy (non-hydrogen) atoms. The number of aromatic nitrogens is 3. The third-order valence-corrected chi connectivity index (χ3v) is 4.26. The van der Waals surface area contributed by atoms with Crippen molar-refractivity contribution in [2.45, 2.75) is 19.8 Å². The lowest BCUT2D eigenvalue weighted by molar-refractivity contribution is 0.102. The number of benzene rings is 1. The summed E-state index contributed by atoms with van der Waals surface area (Å²) >= 11 is 1.52. The summed E-state index contributed by atoms with van der Waals surface area (Å²) in [6, 6.07) is 8.12. The zero-order valence-electron chi connectivity index (χ0n) is 11.0. The topological polar surface area (TPSA) is 70.7 Å². The molecular weight excluding hydrogens is 272 g/mol. The van der Waals surface area contributed by atoms with Crippen LogP contribution in [0.3, 0.4) is 0 Å². The highest BCUT2D eigenvalue weighted by atomic mass is 32.1. The number of hydrogen-bond donors (Lipinski definition) is 2. The normalized spacial score (nSPS) is 10.8. The summed E-state index contributed by atoms with van der Waals surface area (Å²) < 4.78 is 1.14. The molecule has 102 valence electrons. The van der Waals surface area contributed by atoms with Gasteiger partial charge in [-0.15, -0.1) is 11.3 Å². The second-order valence-corrected chi connectivity index (χ2v) is 5.50. The van der Waals surface area contributed by atoms with Crippen molar-refractivity contribution in [3.05, 3.63) is 41.0 Å². The van der Waals surface area contributed by atoms with Crippen LogP contribution in [0, 0.1) is 0 Å². The van der Waals surface area contributed by atoms with E-state index in [1.54, 1.807) is 0 Å². The maximum Gasteiger partial charge on any atom is 0.268 e. The molecule has 6 heteroatoms. The van der Waals surface area contributed by atoms with E-state index < -0.39 is 0 Å². The van der Waals surface area contributed by atoms with Gasteiger partial charge in [0, 0.05) is 4.70 Å². The molecule has 5 nitrogen and oxygen atoms in total. The van der Waals surface area contributed by atoms with Gasteiger partial charge in [0.25, 0.3) is 5.91 Å². The molecule has 0 aliphatic heterocycles. The number of aryl methyl sites for hydroxylation is 1. The first-order valence-corrected chi connectivity index (χ1v) is 7.28. The second-order valence-electron chi connectivity index (χ2n) is 4.44. The van der Waals surface area contributed by atoms with Gasteiger partial charge in [0.05, 0.1) is 4.88 Å². The van der Waals surface area contributed by atoms with E-state index in [9.17, 15) is 4.79 Å². The Morgan fingerprint density at radius 1 is 1.40 bits per heavy atom. The Hall–Kier alpha value is -2.21. The van der Waals surface area contributed by atoms with Crippen molar-refractivity contribution in [2.24, 2.45) is 0 Å². The lowest BCUT2D eigenvalue weighted by Gasteiger charge is -2.03. The quantitative estimate of drug-likeness (QED) is 0.773. The van der Waals surface area contributed by atoms with Crippen LogP contribution in [0.5, 0.6) is 0 Å². The number of hydrogen-bond acceptors (Lipinski definition) is 4. The van der Waals surface area contributed by atoms with Gasteiger partial charge in [-0.1, -0.05) is 31.5 Å². The Morgan fingerprint density at radius 3 is 3.00 bits per heavy atom. The van der Waals surface area contributed by atoms with Crippen molar-refractivity contribution < 1.29 is 4.79 Å². The Kier molecular flexibility index (Phi) is 3.47. The van der Waals surface area contributed by atoms with Crippen LogP contribution in [0.25, 0.3) is 10.1 Å². The van der Waals surface area contributed by atoms with Crippen LogP contribution in [0.2, 0.25) is 0 Å². The lowest BCUT2D eigenvalue weighted by Crippen LogP contribution is -2.13. The van der Waals surface area contributed by atoms with Crippen LogP contribution >= 0.6 is 11.3 Å². The number of carbonyl (C=O) groups excluding carboxylic acids is 1. The number of carbonyl (C=O) groups is 1. The maximum absolute atomic E-state index is 12.4. The van der Waals surface area contributed by atoms with Crippen molar-refractivity contribution in [3.8, 4) is 0 Å². The van der Waals surface area contributed by atoms with E-state index in [2.05, 4.69) is 33.5 Å². The highest BCUT2D eigenvalue weighted by Gasteiger charge is 2.18. The minimum Gasteiger partial charge on any atom is -0.290 e. The highest BCUT2D eigenvalue weighted by Crippen LogP contribution is 2.32. The molecule has 2 aromatic heterocycles. The molecule has 1 amide bonds. The summed E-state index contributed by atoms with van der Waals surface area (Å²) in [5, 5.41) is 10.3. The van der Waals surface area contributed by atoms with Crippen LogP contribution in [-0.4, -0.2) is 21.1 Å². The van der Waals surface area contributed by atoms with Gasteiger partial charge >= 0.3 is 0 Å². The van der Waals surface area contributed by atoms with Crippen molar-refractivity contribution in [3.63, 3.8) is 0 Å². The zero-order valence-corrected chi connectivity index (χ0v) is 11.8. The van der Waals surface area contributed by atoms with E-state index in [4.69, 9.17) is 0 Å². The maximum atomic E-state index is 12.4. The largest absolute Gasteiger partial charge is 0.290 e. The molecule has 0 fully saturated rings. The minimum absolute atomic E-state index is 0.133. The van der Waals surface area contributed by atoms with Gasteiger partial charge in [-0.2, -0.15) is 10.1 Å². The van der Waals surface area contributed by atoms with Crippen LogP contribution in [0.1, 0.15) is 28.6 Å². The Bertz CT molecular complexity index is 733. The molecule has 0 saturated heterocycles. The summed E-state index contributed by atoms with van der Waals surface area (Å²) in [4.78, 5) is 17.1. The molecule has 0 spiro atoms. The third kappa shape index (κ3) is 2.30. The summed E-state index contributed by atoms with van der Waals surface area (Å²) in [5.41, 5.74) is 1.12. The molecule has 3 aromatic rings. The number of anilines is 1. The van der Waals surface area contributed by atoms with Crippen molar-refractivity contribution in [1.82, 2.24) is 15.2 Å². The van der Waals surface area contributed by atoms with Gasteiger partial charge in [0.2, 0.25) is 5.95 Å². The molecule has 3 rings (SSSR count). The van der Waals surface area contributed by atoms with E-state index >= 15 is 0 Å². The van der Waals surface area contributed by atoms with Crippen LogP contribution in [0.15, 0.2) is 30.6 Å². The Labute approximate surface area is 120 Å². The molecule has 2 N–H and O–H groups in total. The molecule has 0 bridgehead atoms. The van der Waals surface area contributed by atoms with Gasteiger partial charge < -0.3 is 0 Å². The van der Waals surface area contributed by atoms with Gasteiger partial charge in [0.1, 0.15) is 6.33 Å². The number of nitrogens with one attached hydrogen (secondary N) is 2. The smallest absolute Gasteiger partial charge is 0.268 e. The van der Waals surface area contributed by atoms with Crippen LogP contribution in [-0.2, 0) is 6.42 Å². The first-order valence-electron chi connectivity index (χ1n) is 6.46. The van der Waals surface area contributed by atoms with E-state index in [0.29, 0.717) is 5.95 Å². The van der Waals surface area contributed by atoms with Crippen molar-refractivity contribution in [1.29, 1.82) is 0 Å². The number of H-pyrrole nitrogens is 1. The summed E-state index contributed by atoms with van der Waals surface area (Å²) in [6.07, 6.45) is 3.26. The Balaban J connectivity index is 2.01. The number of thiophene rings is 1. The van der Waals surface area contributed by atoms with E-state index in [1.165, 1.54) is 23.1 Å². The fourth-order valence-electron chi connectivity index (χ4n) is 2.21. The van der Waals surface area contributed by atoms with Crippen LogP contribution < -0.4 is 5.32 Å². The molecular formula is C14H14N4OS. The highest BCUT2D eigenvalue weighted by molar-refractivity contribution is 7.21. The van der Waals surface area contributed by atoms with Crippen molar-refractivity contribution in [2.75, 3.05) is 5.32 Å². The summed E-state index contributed by atoms with van der Waals surface area (Å²) in [5.74, 6) is 0.237. The number of nitrogens with zero attached hydrogens (tertiary/aromatic N) is 2. The standard InChI is InChI=1S/C14H14N4OS/c1-2-5-10-9-6-3-4-7-11(9)20-12(10)13(19)17-14-15-8-16-18-14/h3-4,6-8H,2,5H2,1H3,(H2,15,16,17,18,19). The van der Waals surface area contributed by atoms with E-state index in [1.807, 2.05) is 18.2 Å². The molecule has 0 radical (unpaired) electrons. The molecule has 0 unspecified atom stereocenters. The van der Waals surface area contributed by atoms with E-state index in [-0.39, 0.29) is 5.91 Å². The molecule has 1 aromatic carbocycles. The Morgan fingerprint density at radius 2 is 2.25 bits per heavy atom. The fraction of sp³-hybridized carbons (Fsp3) is 0.214. The first kappa shape index (κ1) is 12.8. The average Bonchev–Trinajstić information content (AvgIpc) is 3.07. The lowest BCUT2D eigenvalue weighted by atomic mass is 10.1. The number of fused-ring (bicyclic) bond motifs is 1. The minimum atomic E-state index is -0.133. The fourth-order valence-corrected chi connectivity index (χ4v) is 3.36. The first-order chi connectivity index (χ1) is 9.79. The molecule has 0 aliphatic rings. The predicted molar refractivity (Wildman–Crippen MR) is 80.2 cm³/mol. The van der Waals surface area contributed by atoms with Crippen LogP contribution in [0.4, 0.5) is 5.95 Å². The number of rotatable bonds is 4. The third-order valence-electron chi connectivity index (χ3n) is 3.05. The predicted octanol–water partition coefficient (Wildman–Crippen LogP) is 3.22. The summed E-state index contributed by atoms with van der Waals surface area (Å²) in [6.45, 7) is 2.12. The van der Waals surface area contributed by atoms with Gasteiger partial charge in [-0.05, 0) is 23.4 Å². The molecule has 0 atom stereocenters. The number of aromatic amines is 1. The number of amides is 1. The average molecular weight is 286 g/mol. The zero-order chi connectivity index (χ0) is 13.9. The molecule has 0 aliphatic carbocycles. The van der Waals surface area contributed by atoms with Crippen molar-refractivity contribution >= 4 is 33.3 Å². The molecule has 2 heterocycles. The van der Waals surface area contributed by atoms with Gasteiger partial charge in [0.15, 0.2) is 0 Å². The second kappa shape index (κ2) is 5.42. The summed E-state index contributed by atoms with van der Waals surface area (Å²) in [7, 11) is 0. The SMILES string of the molecule is CCCc1c(C(=O)Nc2ncn[nH]2)sc2ccccc12. The van der Waals surface area contributed by atoms with Gasteiger partial charge in [-0.3, -0.25) is 10.1 Å². The molecule has 0 saturated carbocycles. The van der Waals surface area contributed by atoms with Gasteiger partial charge in [-0.25, -0.2) is 5.10 Å². The van der Waals surface area contributed by atoms with E-state index in [0.717, 1.165) is 28.0 Å². The monoisotopic (exact) mass is 286 g/mol.